The van der Waals surface area contributed by atoms with Gasteiger partial charge in [-0.3, -0.25) is 4.90 Å². The molecule has 1 aromatic carbocycles. The van der Waals surface area contributed by atoms with Gasteiger partial charge in [0.1, 0.15) is 12.4 Å². The van der Waals surface area contributed by atoms with E-state index in [0.29, 0.717) is 12.1 Å². The molecule has 0 spiro atoms. The highest BCUT2D eigenvalue weighted by molar-refractivity contribution is 5.38. The van der Waals surface area contributed by atoms with Crippen LogP contribution in [0.2, 0.25) is 0 Å². The Kier molecular flexibility index (Phi) is 3.76. The Balaban J connectivity index is 1.87. The predicted octanol–water partition coefficient (Wildman–Crippen LogP) is 2.58. The van der Waals surface area contributed by atoms with Crippen molar-refractivity contribution in [1.82, 2.24) is 10.2 Å². The number of rotatable bonds is 3. The van der Waals surface area contributed by atoms with Gasteiger partial charge < -0.3 is 10.1 Å². The first kappa shape index (κ1) is 12.9. The summed E-state index contributed by atoms with van der Waals surface area (Å²) in [6.07, 6.45) is 3.91. The maximum absolute atomic E-state index is 5.99. The third-order valence-electron chi connectivity index (χ3n) is 4.68. The molecule has 1 fully saturated rings. The summed E-state index contributed by atoms with van der Waals surface area (Å²) in [5.41, 5.74) is 1.31. The Labute approximate surface area is 115 Å². The Morgan fingerprint density at radius 3 is 3.00 bits per heavy atom. The van der Waals surface area contributed by atoms with Gasteiger partial charge in [-0.05, 0) is 38.9 Å². The number of likely N-dealkylation sites (N-methyl/N-ethyl adjacent to an activating group) is 1. The second-order valence-corrected chi connectivity index (χ2v) is 5.62. The molecule has 2 aliphatic heterocycles. The predicted molar refractivity (Wildman–Crippen MR) is 77.5 cm³/mol. The van der Waals surface area contributed by atoms with E-state index in [1.54, 1.807) is 0 Å². The number of nitrogens with zero attached hydrogens (tertiary/aromatic N) is 1. The molecule has 3 nitrogen and oxygen atoms in total. The number of para-hydroxylation sites is 1. The second-order valence-electron chi connectivity index (χ2n) is 5.62. The van der Waals surface area contributed by atoms with Gasteiger partial charge in [-0.15, -0.1) is 0 Å². The molecule has 3 rings (SSSR count). The van der Waals surface area contributed by atoms with Gasteiger partial charge in [-0.2, -0.15) is 0 Å². The van der Waals surface area contributed by atoms with Crippen molar-refractivity contribution in [2.75, 3.05) is 20.2 Å². The van der Waals surface area contributed by atoms with Gasteiger partial charge in [0.25, 0.3) is 0 Å². The standard InChI is InChI=1S/C16H24N2O/c1-3-12-7-6-10-18(12)14-11-19-15-9-5-4-8-13(15)16(14)17-2/h4-5,8-9,12,14,16-17H,3,6-7,10-11H2,1-2H3. The van der Waals surface area contributed by atoms with Crippen molar-refractivity contribution in [3.05, 3.63) is 29.8 Å². The molecule has 3 unspecified atom stereocenters. The van der Waals surface area contributed by atoms with Crippen molar-refractivity contribution in [3.8, 4) is 5.75 Å². The first-order valence-corrected chi connectivity index (χ1v) is 7.50. The van der Waals surface area contributed by atoms with Crippen LogP contribution in [0.15, 0.2) is 24.3 Å². The van der Waals surface area contributed by atoms with E-state index in [-0.39, 0.29) is 0 Å². The van der Waals surface area contributed by atoms with E-state index in [4.69, 9.17) is 4.74 Å². The number of likely N-dealkylation sites (tertiary alicyclic amines) is 1. The normalized spacial score (nSPS) is 30.9. The summed E-state index contributed by atoms with van der Waals surface area (Å²) in [6.45, 7) is 4.32. The van der Waals surface area contributed by atoms with Crippen LogP contribution >= 0.6 is 0 Å². The van der Waals surface area contributed by atoms with Crippen molar-refractivity contribution in [2.24, 2.45) is 0 Å². The van der Waals surface area contributed by atoms with Crippen LogP contribution in [0, 0.1) is 0 Å². The van der Waals surface area contributed by atoms with Crippen LogP contribution in [0.4, 0.5) is 0 Å². The van der Waals surface area contributed by atoms with Gasteiger partial charge in [0.15, 0.2) is 0 Å². The van der Waals surface area contributed by atoms with Gasteiger partial charge in [-0.1, -0.05) is 25.1 Å². The van der Waals surface area contributed by atoms with Crippen molar-refractivity contribution < 1.29 is 4.74 Å². The molecule has 1 saturated heterocycles. The average Bonchev–Trinajstić information content (AvgIpc) is 2.94. The monoisotopic (exact) mass is 260 g/mol. The van der Waals surface area contributed by atoms with E-state index in [1.807, 2.05) is 0 Å². The van der Waals surface area contributed by atoms with Crippen molar-refractivity contribution in [1.29, 1.82) is 0 Å². The quantitative estimate of drug-likeness (QED) is 0.904. The largest absolute Gasteiger partial charge is 0.492 e. The van der Waals surface area contributed by atoms with Crippen molar-refractivity contribution in [3.63, 3.8) is 0 Å². The molecule has 3 heteroatoms. The smallest absolute Gasteiger partial charge is 0.124 e. The minimum absolute atomic E-state index is 0.386. The molecule has 0 amide bonds. The molecule has 0 radical (unpaired) electrons. The van der Waals surface area contributed by atoms with E-state index in [9.17, 15) is 0 Å². The maximum atomic E-state index is 5.99. The second kappa shape index (κ2) is 5.51. The van der Waals surface area contributed by atoms with Crippen LogP contribution in [0.1, 0.15) is 37.8 Å². The molecule has 1 N–H and O–H groups in total. The zero-order valence-electron chi connectivity index (χ0n) is 11.9. The van der Waals surface area contributed by atoms with Gasteiger partial charge in [0.05, 0.1) is 12.1 Å². The van der Waals surface area contributed by atoms with Crippen molar-refractivity contribution >= 4 is 0 Å². The lowest BCUT2D eigenvalue weighted by Crippen LogP contribution is -2.51. The zero-order chi connectivity index (χ0) is 13.2. The van der Waals surface area contributed by atoms with Gasteiger partial charge in [0.2, 0.25) is 0 Å². The summed E-state index contributed by atoms with van der Waals surface area (Å²) in [7, 11) is 2.07. The topological polar surface area (TPSA) is 24.5 Å². The fourth-order valence-electron chi connectivity index (χ4n) is 3.72. The van der Waals surface area contributed by atoms with Crippen LogP contribution < -0.4 is 10.1 Å². The molecule has 3 atom stereocenters. The highest BCUT2D eigenvalue weighted by Gasteiger charge is 2.38. The Hall–Kier alpha value is -1.06. The van der Waals surface area contributed by atoms with Gasteiger partial charge >= 0.3 is 0 Å². The first-order valence-electron chi connectivity index (χ1n) is 7.50. The Bertz CT molecular complexity index is 435. The van der Waals surface area contributed by atoms with Crippen molar-refractivity contribution in [2.45, 2.75) is 44.3 Å². The van der Waals surface area contributed by atoms with Crippen LogP contribution in [0.5, 0.6) is 5.75 Å². The SMILES string of the molecule is CCC1CCCN1C1COc2ccccc2C1NC. The third-order valence-corrected chi connectivity index (χ3v) is 4.68. The zero-order valence-corrected chi connectivity index (χ0v) is 11.9. The molecular formula is C16H24N2O. The minimum Gasteiger partial charge on any atom is -0.492 e. The summed E-state index contributed by atoms with van der Waals surface area (Å²) < 4.78 is 5.99. The maximum Gasteiger partial charge on any atom is 0.124 e. The summed E-state index contributed by atoms with van der Waals surface area (Å²) in [6, 6.07) is 10.0. The number of nitrogens with one attached hydrogen (secondary N) is 1. The Morgan fingerprint density at radius 1 is 1.37 bits per heavy atom. The van der Waals surface area contributed by atoms with E-state index >= 15 is 0 Å². The highest BCUT2D eigenvalue weighted by atomic mass is 16.5. The molecule has 0 saturated carbocycles. The summed E-state index contributed by atoms with van der Waals surface area (Å²) in [4.78, 5) is 2.66. The van der Waals surface area contributed by atoms with E-state index in [2.05, 4.69) is 48.5 Å². The highest BCUT2D eigenvalue weighted by Crippen LogP contribution is 2.36. The molecule has 2 heterocycles. The third kappa shape index (κ3) is 2.26. The van der Waals surface area contributed by atoms with Crippen LogP contribution in [-0.2, 0) is 0 Å². The molecule has 1 aromatic rings. The summed E-state index contributed by atoms with van der Waals surface area (Å²) in [5, 5.41) is 3.51. The fraction of sp³-hybridized carbons (Fsp3) is 0.625. The lowest BCUT2D eigenvalue weighted by Gasteiger charge is -2.41. The first-order chi connectivity index (χ1) is 9.35. The molecular weight excluding hydrogens is 236 g/mol. The lowest BCUT2D eigenvalue weighted by molar-refractivity contribution is 0.0771. The Morgan fingerprint density at radius 2 is 2.21 bits per heavy atom. The van der Waals surface area contributed by atoms with Crippen LogP contribution in [0.25, 0.3) is 0 Å². The van der Waals surface area contributed by atoms with Gasteiger partial charge in [0, 0.05) is 11.6 Å². The van der Waals surface area contributed by atoms with E-state index < -0.39 is 0 Å². The van der Waals surface area contributed by atoms with E-state index in [1.165, 1.54) is 31.4 Å². The molecule has 0 aromatic heterocycles. The summed E-state index contributed by atoms with van der Waals surface area (Å²) in [5.74, 6) is 1.05. The number of hydrogen-bond donors (Lipinski definition) is 1. The summed E-state index contributed by atoms with van der Waals surface area (Å²) >= 11 is 0. The number of fused-ring (bicyclic) bond motifs is 1. The number of ether oxygens (including phenoxy) is 1. The molecule has 2 aliphatic rings. The molecule has 104 valence electrons. The van der Waals surface area contributed by atoms with E-state index in [0.717, 1.165) is 18.4 Å². The lowest BCUT2D eigenvalue weighted by atomic mass is 9.94. The van der Waals surface area contributed by atoms with Gasteiger partial charge in [-0.25, -0.2) is 0 Å². The minimum atomic E-state index is 0.386. The molecule has 0 aliphatic carbocycles. The fourth-order valence-corrected chi connectivity index (χ4v) is 3.72. The van der Waals surface area contributed by atoms with Crippen LogP contribution in [-0.4, -0.2) is 37.2 Å². The molecule has 0 bridgehead atoms. The molecule has 19 heavy (non-hydrogen) atoms. The average molecular weight is 260 g/mol. The van der Waals surface area contributed by atoms with Crippen LogP contribution in [0.3, 0.4) is 0 Å². The number of hydrogen-bond acceptors (Lipinski definition) is 3. The number of benzene rings is 1.